The predicted molar refractivity (Wildman–Crippen MR) is 83.0 cm³/mol. The lowest BCUT2D eigenvalue weighted by Gasteiger charge is -2.28. The molecule has 0 spiro atoms. The third-order valence-corrected chi connectivity index (χ3v) is 4.10. The van der Waals surface area contributed by atoms with Gasteiger partial charge in [-0.05, 0) is 44.2 Å². The van der Waals surface area contributed by atoms with Crippen molar-refractivity contribution >= 4 is 11.5 Å². The van der Waals surface area contributed by atoms with Gasteiger partial charge in [-0.15, -0.1) is 0 Å². The molecule has 114 valence electrons. The Morgan fingerprint density at radius 3 is 2.71 bits per heavy atom. The van der Waals surface area contributed by atoms with Crippen molar-refractivity contribution in [3.63, 3.8) is 0 Å². The van der Waals surface area contributed by atoms with Crippen LogP contribution in [0.1, 0.15) is 32.3 Å². The van der Waals surface area contributed by atoms with Crippen LogP contribution in [0.25, 0.3) is 5.57 Å². The Kier molecular flexibility index (Phi) is 4.68. The first-order valence-corrected chi connectivity index (χ1v) is 7.25. The van der Waals surface area contributed by atoms with Crippen molar-refractivity contribution in [1.82, 2.24) is 5.32 Å². The molecular weight excluding hydrogens is 266 g/mol. The first-order chi connectivity index (χ1) is 10.00. The molecule has 1 aliphatic rings. The minimum Gasteiger partial charge on any atom is -0.496 e. The summed E-state index contributed by atoms with van der Waals surface area (Å²) in [5.41, 5.74) is 1.21. The lowest BCUT2D eigenvalue weighted by Crippen LogP contribution is -2.50. The first kappa shape index (κ1) is 15.6. The van der Waals surface area contributed by atoms with Crippen LogP contribution >= 0.6 is 0 Å². The van der Waals surface area contributed by atoms with Gasteiger partial charge in [0.05, 0.1) is 19.3 Å². The molecule has 1 amide bonds. The zero-order valence-corrected chi connectivity index (χ0v) is 12.8. The van der Waals surface area contributed by atoms with Crippen LogP contribution in [-0.2, 0) is 4.79 Å². The highest BCUT2D eigenvalue weighted by molar-refractivity contribution is 5.95. The number of carbonyl (C=O) groups excluding carboxylic acids is 1. The second kappa shape index (κ2) is 6.31. The van der Waals surface area contributed by atoms with E-state index in [1.165, 1.54) is 0 Å². The molecular formula is C17H23NO3. The van der Waals surface area contributed by atoms with Gasteiger partial charge in [0, 0.05) is 11.6 Å². The number of para-hydroxylation sites is 1. The van der Waals surface area contributed by atoms with Crippen molar-refractivity contribution in [2.75, 3.05) is 13.7 Å². The van der Waals surface area contributed by atoms with Gasteiger partial charge in [-0.25, -0.2) is 0 Å². The Balaban J connectivity index is 2.12. The summed E-state index contributed by atoms with van der Waals surface area (Å²) < 4.78 is 5.31. The predicted octanol–water partition coefficient (Wildman–Crippen LogP) is 2.38. The molecule has 0 bridgehead atoms. The first-order valence-electron chi connectivity index (χ1n) is 7.25. The van der Waals surface area contributed by atoms with Crippen molar-refractivity contribution in [2.45, 2.75) is 32.2 Å². The summed E-state index contributed by atoms with van der Waals surface area (Å²) in [5, 5.41) is 12.5. The van der Waals surface area contributed by atoms with E-state index in [9.17, 15) is 9.90 Å². The third kappa shape index (κ3) is 3.64. The van der Waals surface area contributed by atoms with Crippen molar-refractivity contribution in [1.29, 1.82) is 0 Å². The summed E-state index contributed by atoms with van der Waals surface area (Å²) in [5.74, 6) is 0.944. The highest BCUT2D eigenvalue weighted by atomic mass is 16.5. The fraction of sp³-hybridized carbons (Fsp3) is 0.471. The van der Waals surface area contributed by atoms with Gasteiger partial charge in [-0.3, -0.25) is 4.79 Å². The standard InChI is InChI=1S/C17H23NO3/c1-12(14-6-4-5-7-15(14)21-3)10-16(20)18-17(2,11-19)13-8-9-13/h4-7,10,13,19H,8-9,11H2,1-3H3,(H,18,20)/b12-10+. The van der Waals surface area contributed by atoms with E-state index in [4.69, 9.17) is 4.74 Å². The Labute approximate surface area is 125 Å². The zero-order chi connectivity index (χ0) is 15.5. The average molecular weight is 289 g/mol. The summed E-state index contributed by atoms with van der Waals surface area (Å²) in [7, 11) is 1.61. The number of hydrogen-bond acceptors (Lipinski definition) is 3. The highest BCUT2D eigenvalue weighted by Gasteiger charge is 2.41. The van der Waals surface area contributed by atoms with Crippen molar-refractivity contribution in [3.05, 3.63) is 35.9 Å². The number of amides is 1. The van der Waals surface area contributed by atoms with Gasteiger partial charge in [0.25, 0.3) is 0 Å². The maximum Gasteiger partial charge on any atom is 0.244 e. The number of methoxy groups -OCH3 is 1. The molecule has 0 radical (unpaired) electrons. The molecule has 1 aliphatic carbocycles. The van der Waals surface area contributed by atoms with E-state index in [2.05, 4.69) is 5.32 Å². The fourth-order valence-electron chi connectivity index (χ4n) is 2.55. The molecule has 1 aromatic rings. The Bertz CT molecular complexity index is 549. The normalized spacial score (nSPS) is 18.0. The van der Waals surface area contributed by atoms with Gasteiger partial charge in [-0.1, -0.05) is 18.2 Å². The lowest BCUT2D eigenvalue weighted by atomic mass is 9.96. The van der Waals surface area contributed by atoms with Gasteiger partial charge in [0.1, 0.15) is 5.75 Å². The van der Waals surface area contributed by atoms with Crippen LogP contribution in [0.4, 0.5) is 0 Å². The molecule has 1 saturated carbocycles. The molecule has 0 aromatic heterocycles. The monoisotopic (exact) mass is 289 g/mol. The quantitative estimate of drug-likeness (QED) is 0.791. The Hall–Kier alpha value is -1.81. The van der Waals surface area contributed by atoms with E-state index in [0.29, 0.717) is 5.92 Å². The summed E-state index contributed by atoms with van der Waals surface area (Å²) in [6.45, 7) is 3.74. The van der Waals surface area contributed by atoms with Crippen LogP contribution in [0, 0.1) is 5.92 Å². The third-order valence-electron chi connectivity index (χ3n) is 4.10. The smallest absolute Gasteiger partial charge is 0.244 e. The molecule has 0 saturated heterocycles. The van der Waals surface area contributed by atoms with E-state index in [1.54, 1.807) is 13.2 Å². The summed E-state index contributed by atoms with van der Waals surface area (Å²) in [4.78, 5) is 12.2. The number of allylic oxidation sites excluding steroid dienone is 1. The number of nitrogens with one attached hydrogen (secondary N) is 1. The molecule has 4 heteroatoms. The van der Waals surface area contributed by atoms with Crippen LogP contribution in [0.15, 0.2) is 30.3 Å². The second-order valence-electron chi connectivity index (χ2n) is 5.87. The molecule has 1 unspecified atom stereocenters. The molecule has 1 fully saturated rings. The number of aliphatic hydroxyl groups is 1. The minimum absolute atomic E-state index is 0.0368. The highest BCUT2D eigenvalue weighted by Crippen LogP contribution is 2.39. The van der Waals surface area contributed by atoms with Crippen molar-refractivity contribution in [2.24, 2.45) is 5.92 Å². The van der Waals surface area contributed by atoms with Crippen LogP contribution in [0.5, 0.6) is 5.75 Å². The average Bonchev–Trinajstić information content (AvgIpc) is 3.31. The fourth-order valence-corrected chi connectivity index (χ4v) is 2.55. The summed E-state index contributed by atoms with van der Waals surface area (Å²) >= 11 is 0. The van der Waals surface area contributed by atoms with Crippen LogP contribution in [-0.4, -0.2) is 30.3 Å². The number of ether oxygens (including phenoxy) is 1. The summed E-state index contributed by atoms with van der Waals surface area (Å²) in [6, 6.07) is 7.59. The molecule has 0 heterocycles. The maximum absolute atomic E-state index is 12.2. The van der Waals surface area contributed by atoms with Crippen LogP contribution < -0.4 is 10.1 Å². The molecule has 2 rings (SSSR count). The van der Waals surface area contributed by atoms with Gasteiger partial charge in [-0.2, -0.15) is 0 Å². The Morgan fingerprint density at radius 1 is 1.48 bits per heavy atom. The Morgan fingerprint density at radius 2 is 2.14 bits per heavy atom. The number of hydrogen-bond donors (Lipinski definition) is 2. The van der Waals surface area contributed by atoms with E-state index < -0.39 is 5.54 Å². The van der Waals surface area contributed by atoms with E-state index in [1.807, 2.05) is 38.1 Å². The van der Waals surface area contributed by atoms with E-state index in [0.717, 1.165) is 29.7 Å². The second-order valence-corrected chi connectivity index (χ2v) is 5.87. The molecule has 21 heavy (non-hydrogen) atoms. The van der Waals surface area contributed by atoms with Gasteiger partial charge in [0.15, 0.2) is 0 Å². The molecule has 0 aliphatic heterocycles. The largest absolute Gasteiger partial charge is 0.496 e. The minimum atomic E-state index is -0.519. The van der Waals surface area contributed by atoms with Gasteiger partial charge >= 0.3 is 0 Å². The van der Waals surface area contributed by atoms with Gasteiger partial charge < -0.3 is 15.2 Å². The molecule has 4 nitrogen and oxygen atoms in total. The topological polar surface area (TPSA) is 58.6 Å². The van der Waals surface area contributed by atoms with Crippen molar-refractivity contribution < 1.29 is 14.6 Å². The molecule has 2 N–H and O–H groups in total. The van der Waals surface area contributed by atoms with Crippen LogP contribution in [0.3, 0.4) is 0 Å². The lowest BCUT2D eigenvalue weighted by molar-refractivity contribution is -0.119. The SMILES string of the molecule is COc1ccccc1/C(C)=C/C(=O)NC(C)(CO)C1CC1. The van der Waals surface area contributed by atoms with E-state index >= 15 is 0 Å². The number of carbonyl (C=O) groups is 1. The molecule has 1 aromatic carbocycles. The number of aliphatic hydroxyl groups excluding tert-OH is 1. The summed E-state index contributed by atoms with van der Waals surface area (Å²) in [6.07, 6.45) is 3.69. The number of benzene rings is 1. The maximum atomic E-state index is 12.2. The van der Waals surface area contributed by atoms with E-state index in [-0.39, 0.29) is 12.5 Å². The zero-order valence-electron chi connectivity index (χ0n) is 12.8. The molecule has 1 atom stereocenters. The number of rotatable bonds is 6. The van der Waals surface area contributed by atoms with Gasteiger partial charge in [0.2, 0.25) is 5.91 Å². The van der Waals surface area contributed by atoms with Crippen LogP contribution in [0.2, 0.25) is 0 Å². The van der Waals surface area contributed by atoms with Crippen molar-refractivity contribution in [3.8, 4) is 5.75 Å².